The zero-order valence-corrected chi connectivity index (χ0v) is 15.4. The van der Waals surface area contributed by atoms with Crippen molar-refractivity contribution in [2.24, 2.45) is 7.05 Å². The molecule has 0 saturated carbocycles. The largest absolute Gasteiger partial charge is 0.416 e. The lowest BCUT2D eigenvalue weighted by molar-refractivity contribution is 0.368. The first-order valence-corrected chi connectivity index (χ1v) is 8.81. The number of hydrogen-bond acceptors (Lipinski definition) is 6. The number of nitrogens with one attached hydrogen (secondary N) is 1. The van der Waals surface area contributed by atoms with Gasteiger partial charge in [0.25, 0.3) is 0 Å². The van der Waals surface area contributed by atoms with Crippen molar-refractivity contribution in [1.82, 2.24) is 19.7 Å². The van der Waals surface area contributed by atoms with Crippen LogP contribution in [0.25, 0.3) is 33.9 Å². The molecule has 0 radical (unpaired) electrons. The number of nitrogens with zero attached hydrogens (tertiary/aromatic N) is 5. The van der Waals surface area contributed by atoms with E-state index in [4.69, 9.17) is 4.42 Å². The van der Waals surface area contributed by atoms with Gasteiger partial charge in [0.2, 0.25) is 11.8 Å². The second-order valence-corrected chi connectivity index (χ2v) is 6.49. The maximum absolute atomic E-state index is 12.8. The van der Waals surface area contributed by atoms with E-state index >= 15 is 0 Å². The van der Waals surface area contributed by atoms with Crippen LogP contribution in [-0.4, -0.2) is 39.1 Å². The summed E-state index contributed by atoms with van der Waals surface area (Å²) in [6.45, 7) is -1.76. The molecule has 0 aliphatic carbocycles. The van der Waals surface area contributed by atoms with Crippen LogP contribution in [0.5, 0.6) is 0 Å². The highest BCUT2D eigenvalue weighted by molar-refractivity contribution is 5.80. The molecule has 0 spiro atoms. The van der Waals surface area contributed by atoms with Gasteiger partial charge in [-0.25, -0.2) is 13.8 Å². The van der Waals surface area contributed by atoms with Crippen molar-refractivity contribution in [1.29, 1.82) is 5.26 Å². The molecule has 0 fully saturated rings. The number of rotatable bonds is 6. The molecule has 2 aromatic carbocycles. The number of aryl methyl sites for hydroxylation is 1. The number of benzene rings is 2. The molecule has 4 aromatic rings. The van der Waals surface area contributed by atoms with Crippen LogP contribution in [0, 0.1) is 11.3 Å². The Morgan fingerprint density at radius 3 is 2.48 bits per heavy atom. The molecule has 0 saturated heterocycles. The number of halogens is 2. The maximum Gasteiger partial charge on any atom is 0.248 e. The first-order chi connectivity index (χ1) is 14.1. The molecule has 1 N–H and O–H groups in total. The van der Waals surface area contributed by atoms with Gasteiger partial charge in [-0.15, -0.1) is 10.2 Å². The number of nitriles is 1. The minimum atomic E-state index is -0.995. The summed E-state index contributed by atoms with van der Waals surface area (Å²) in [6, 6.07) is 11.4. The predicted octanol–water partition coefficient (Wildman–Crippen LogP) is 3.88. The standard InChI is InChI=1S/C20H16F2N6O/c1-28-11-24-17-5-3-13(7-18(17)28)20-27-26-19(29-20)12-2-4-16(14(6-12)10-23)25-15(8-21)9-22/h2-7,11,15,25H,8-9H2,1H3. The molecule has 29 heavy (non-hydrogen) atoms. The molecule has 2 heterocycles. The molecule has 4 rings (SSSR count). The molecule has 0 aliphatic rings. The molecule has 0 aliphatic heterocycles. The van der Waals surface area contributed by atoms with Crippen LogP contribution in [0.3, 0.4) is 0 Å². The molecule has 0 atom stereocenters. The Kier molecular flexibility index (Phi) is 4.91. The summed E-state index contributed by atoms with van der Waals surface area (Å²) in [5.41, 5.74) is 3.64. The molecule has 7 nitrogen and oxygen atoms in total. The molecule has 0 amide bonds. The van der Waals surface area contributed by atoms with E-state index in [9.17, 15) is 14.0 Å². The maximum atomic E-state index is 12.8. The van der Waals surface area contributed by atoms with Gasteiger partial charge in [0, 0.05) is 18.2 Å². The van der Waals surface area contributed by atoms with Crippen molar-refractivity contribution in [3.63, 3.8) is 0 Å². The lowest BCUT2D eigenvalue weighted by Crippen LogP contribution is -2.24. The van der Waals surface area contributed by atoms with Crippen LogP contribution in [0.2, 0.25) is 0 Å². The van der Waals surface area contributed by atoms with Gasteiger partial charge in [-0.3, -0.25) is 0 Å². The second kappa shape index (κ2) is 7.67. The number of aromatic nitrogens is 4. The monoisotopic (exact) mass is 394 g/mol. The smallest absolute Gasteiger partial charge is 0.248 e. The SMILES string of the molecule is Cn1cnc2ccc(-c3nnc(-c4ccc(NC(CF)CF)c(C#N)c4)o3)cc21. The Morgan fingerprint density at radius 1 is 1.10 bits per heavy atom. The van der Waals surface area contributed by atoms with Crippen molar-refractivity contribution >= 4 is 16.7 Å². The molecule has 9 heteroatoms. The summed E-state index contributed by atoms with van der Waals surface area (Å²) in [6.07, 6.45) is 1.73. The molecular formula is C20H16F2N6O. The Bertz CT molecular complexity index is 1210. The van der Waals surface area contributed by atoms with Crippen molar-refractivity contribution in [2.75, 3.05) is 18.7 Å². The van der Waals surface area contributed by atoms with E-state index in [-0.39, 0.29) is 11.5 Å². The Labute approximate surface area is 164 Å². The van der Waals surface area contributed by atoms with Crippen LogP contribution in [0.1, 0.15) is 5.56 Å². The van der Waals surface area contributed by atoms with Crippen molar-refractivity contribution in [3.05, 3.63) is 48.3 Å². The van der Waals surface area contributed by atoms with Gasteiger partial charge in [-0.1, -0.05) is 0 Å². The van der Waals surface area contributed by atoms with Gasteiger partial charge in [0.15, 0.2) is 0 Å². The second-order valence-electron chi connectivity index (χ2n) is 6.49. The van der Waals surface area contributed by atoms with Gasteiger partial charge in [-0.2, -0.15) is 5.26 Å². The fraction of sp³-hybridized carbons (Fsp3) is 0.200. The van der Waals surface area contributed by atoms with E-state index in [1.54, 1.807) is 18.5 Å². The van der Waals surface area contributed by atoms with Crippen molar-refractivity contribution < 1.29 is 13.2 Å². The van der Waals surface area contributed by atoms with Crippen LogP contribution in [0.4, 0.5) is 14.5 Å². The lowest BCUT2D eigenvalue weighted by Gasteiger charge is -2.14. The van der Waals surface area contributed by atoms with E-state index in [1.807, 2.05) is 35.9 Å². The first-order valence-electron chi connectivity index (χ1n) is 8.81. The van der Waals surface area contributed by atoms with Gasteiger partial charge in [-0.05, 0) is 36.4 Å². The number of imidazole rings is 1. The number of anilines is 1. The fourth-order valence-corrected chi connectivity index (χ4v) is 2.95. The van der Waals surface area contributed by atoms with Crippen LogP contribution in [-0.2, 0) is 7.05 Å². The molecule has 146 valence electrons. The Hall–Kier alpha value is -3.80. The molecule has 0 unspecified atom stereocenters. The van der Waals surface area contributed by atoms with E-state index in [0.717, 1.165) is 16.6 Å². The van der Waals surface area contributed by atoms with Crippen molar-refractivity contribution in [2.45, 2.75) is 6.04 Å². The van der Waals surface area contributed by atoms with Crippen molar-refractivity contribution in [3.8, 4) is 29.0 Å². The fourth-order valence-electron chi connectivity index (χ4n) is 2.95. The van der Waals surface area contributed by atoms with E-state index in [1.165, 1.54) is 6.07 Å². The van der Waals surface area contributed by atoms with E-state index in [0.29, 0.717) is 17.1 Å². The minimum Gasteiger partial charge on any atom is -0.416 e. The predicted molar refractivity (Wildman–Crippen MR) is 104 cm³/mol. The van der Waals surface area contributed by atoms with Gasteiger partial charge in [0.05, 0.1) is 34.7 Å². The molecule has 2 aromatic heterocycles. The molecule has 0 bridgehead atoms. The molecular weight excluding hydrogens is 378 g/mol. The zero-order chi connectivity index (χ0) is 20.4. The zero-order valence-electron chi connectivity index (χ0n) is 15.4. The summed E-state index contributed by atoms with van der Waals surface area (Å²) < 4.78 is 33.2. The quantitative estimate of drug-likeness (QED) is 0.533. The average molecular weight is 394 g/mol. The topological polar surface area (TPSA) is 92.6 Å². The minimum absolute atomic E-state index is 0.227. The normalized spacial score (nSPS) is 11.1. The Morgan fingerprint density at radius 2 is 1.79 bits per heavy atom. The summed E-state index contributed by atoms with van der Waals surface area (Å²) in [4.78, 5) is 4.28. The summed E-state index contributed by atoms with van der Waals surface area (Å²) in [5, 5.41) is 20.2. The number of alkyl halides is 2. The average Bonchev–Trinajstić information content (AvgIpc) is 3.39. The number of hydrogen-bond donors (Lipinski definition) is 1. The lowest BCUT2D eigenvalue weighted by atomic mass is 10.1. The highest BCUT2D eigenvalue weighted by Gasteiger charge is 2.15. The highest BCUT2D eigenvalue weighted by atomic mass is 19.1. The van der Waals surface area contributed by atoms with Gasteiger partial charge in [0.1, 0.15) is 19.4 Å². The third-order valence-corrected chi connectivity index (χ3v) is 4.52. The van der Waals surface area contributed by atoms with Crippen LogP contribution >= 0.6 is 0 Å². The number of fused-ring (bicyclic) bond motifs is 1. The summed E-state index contributed by atoms with van der Waals surface area (Å²) in [5.74, 6) is 0.569. The van der Waals surface area contributed by atoms with Crippen LogP contribution < -0.4 is 5.32 Å². The summed E-state index contributed by atoms with van der Waals surface area (Å²) >= 11 is 0. The highest BCUT2D eigenvalue weighted by Crippen LogP contribution is 2.28. The third kappa shape index (κ3) is 3.52. The Balaban J connectivity index is 1.65. The van der Waals surface area contributed by atoms with Gasteiger partial charge >= 0.3 is 0 Å². The van der Waals surface area contributed by atoms with Crippen LogP contribution in [0.15, 0.2) is 47.1 Å². The first kappa shape index (κ1) is 18.6. The van der Waals surface area contributed by atoms with E-state index < -0.39 is 19.4 Å². The van der Waals surface area contributed by atoms with Gasteiger partial charge < -0.3 is 14.3 Å². The summed E-state index contributed by atoms with van der Waals surface area (Å²) in [7, 11) is 1.90. The third-order valence-electron chi connectivity index (χ3n) is 4.52. The van der Waals surface area contributed by atoms with E-state index in [2.05, 4.69) is 20.5 Å².